The molecular formula is C18H19N5O2S. The summed E-state index contributed by atoms with van der Waals surface area (Å²) in [5.41, 5.74) is 2.83. The third-order valence-electron chi connectivity index (χ3n) is 4.02. The van der Waals surface area contributed by atoms with Crippen molar-refractivity contribution >= 4 is 34.4 Å². The molecule has 0 saturated heterocycles. The molecule has 0 aliphatic heterocycles. The number of aryl methyl sites for hydroxylation is 1. The molecule has 0 spiro atoms. The van der Waals surface area contributed by atoms with Gasteiger partial charge >= 0.3 is 0 Å². The zero-order valence-corrected chi connectivity index (χ0v) is 15.6. The minimum Gasteiger partial charge on any atom is -0.324 e. The van der Waals surface area contributed by atoms with Crippen molar-refractivity contribution < 1.29 is 4.79 Å². The van der Waals surface area contributed by atoms with Crippen LogP contribution in [0.15, 0.2) is 40.7 Å². The van der Waals surface area contributed by atoms with E-state index in [0.29, 0.717) is 16.2 Å². The molecule has 3 aromatic rings. The second kappa shape index (κ2) is 7.65. The van der Waals surface area contributed by atoms with E-state index in [1.54, 1.807) is 0 Å². The van der Waals surface area contributed by atoms with Gasteiger partial charge in [-0.3, -0.25) is 14.2 Å². The highest BCUT2D eigenvalue weighted by molar-refractivity contribution is 7.99. The molecule has 3 rings (SSSR count). The van der Waals surface area contributed by atoms with Crippen LogP contribution in [-0.2, 0) is 11.3 Å². The number of aromatic nitrogens is 4. The number of amides is 1. The molecule has 0 unspecified atom stereocenters. The zero-order valence-electron chi connectivity index (χ0n) is 14.8. The van der Waals surface area contributed by atoms with Gasteiger partial charge in [-0.2, -0.15) is 0 Å². The van der Waals surface area contributed by atoms with Gasteiger partial charge in [0.2, 0.25) is 5.91 Å². The lowest BCUT2D eigenvalue weighted by molar-refractivity contribution is -0.116. The summed E-state index contributed by atoms with van der Waals surface area (Å²) < 4.78 is 1.26. The Labute approximate surface area is 154 Å². The maximum atomic E-state index is 12.6. The van der Waals surface area contributed by atoms with E-state index >= 15 is 0 Å². The van der Waals surface area contributed by atoms with Crippen molar-refractivity contribution in [1.82, 2.24) is 19.5 Å². The fourth-order valence-electron chi connectivity index (χ4n) is 2.48. The molecule has 1 N–H and O–H groups in total. The van der Waals surface area contributed by atoms with E-state index in [1.807, 2.05) is 39.0 Å². The Bertz CT molecular complexity index is 1030. The van der Waals surface area contributed by atoms with Gasteiger partial charge < -0.3 is 5.32 Å². The van der Waals surface area contributed by atoms with Gasteiger partial charge in [0, 0.05) is 11.9 Å². The van der Waals surface area contributed by atoms with Crippen molar-refractivity contribution in [1.29, 1.82) is 0 Å². The second-order valence-electron chi connectivity index (χ2n) is 5.80. The highest BCUT2D eigenvalue weighted by Gasteiger charge is 2.11. The number of rotatable bonds is 5. The lowest BCUT2D eigenvalue weighted by Crippen LogP contribution is -2.28. The molecule has 26 heavy (non-hydrogen) atoms. The van der Waals surface area contributed by atoms with E-state index in [2.05, 4.69) is 20.3 Å². The van der Waals surface area contributed by atoms with E-state index in [-0.39, 0.29) is 18.0 Å². The van der Waals surface area contributed by atoms with Crippen molar-refractivity contribution in [3.05, 3.63) is 52.2 Å². The van der Waals surface area contributed by atoms with Gasteiger partial charge in [-0.1, -0.05) is 30.8 Å². The molecule has 2 aromatic heterocycles. The normalized spacial score (nSPS) is 10.9. The third-order valence-corrected chi connectivity index (χ3v) is 4.77. The van der Waals surface area contributed by atoms with E-state index in [0.717, 1.165) is 22.6 Å². The Morgan fingerprint density at radius 2 is 2.08 bits per heavy atom. The molecule has 0 bridgehead atoms. The third kappa shape index (κ3) is 3.75. The zero-order chi connectivity index (χ0) is 18.7. The summed E-state index contributed by atoms with van der Waals surface area (Å²) in [4.78, 5) is 37.5. The standard InChI is InChI=1S/C18H19N5O2S/c1-4-26-18-19-8-13-16(22-18)20-10-23(17(13)25)9-15(24)21-14-7-5-6-11(2)12(14)3/h5-8,10H,4,9H2,1-3H3,(H,21,24). The molecule has 0 saturated carbocycles. The van der Waals surface area contributed by atoms with Gasteiger partial charge in [0.15, 0.2) is 10.8 Å². The monoisotopic (exact) mass is 369 g/mol. The summed E-state index contributed by atoms with van der Waals surface area (Å²) in [5.74, 6) is 0.544. The van der Waals surface area contributed by atoms with Crippen molar-refractivity contribution in [2.24, 2.45) is 0 Å². The molecule has 0 aliphatic rings. The van der Waals surface area contributed by atoms with Gasteiger partial charge in [0.05, 0.1) is 0 Å². The average molecular weight is 369 g/mol. The summed E-state index contributed by atoms with van der Waals surface area (Å²) in [6.45, 7) is 5.80. The van der Waals surface area contributed by atoms with Gasteiger partial charge in [0.1, 0.15) is 18.3 Å². The fourth-order valence-corrected chi connectivity index (χ4v) is 3.02. The van der Waals surface area contributed by atoms with Crippen LogP contribution in [0.4, 0.5) is 5.69 Å². The number of benzene rings is 1. The summed E-state index contributed by atoms with van der Waals surface area (Å²) >= 11 is 1.48. The van der Waals surface area contributed by atoms with E-state index < -0.39 is 0 Å². The molecule has 0 atom stereocenters. The van der Waals surface area contributed by atoms with Crippen LogP contribution in [0.1, 0.15) is 18.1 Å². The molecular weight excluding hydrogens is 350 g/mol. The van der Waals surface area contributed by atoms with Crippen LogP contribution in [0.25, 0.3) is 11.0 Å². The Hall–Kier alpha value is -2.74. The first-order valence-corrected chi connectivity index (χ1v) is 9.19. The maximum Gasteiger partial charge on any atom is 0.264 e. The first-order valence-electron chi connectivity index (χ1n) is 8.20. The smallest absolute Gasteiger partial charge is 0.264 e. The number of nitrogens with one attached hydrogen (secondary N) is 1. The van der Waals surface area contributed by atoms with Gasteiger partial charge in [-0.25, -0.2) is 15.0 Å². The highest BCUT2D eigenvalue weighted by Crippen LogP contribution is 2.18. The molecule has 1 amide bonds. The summed E-state index contributed by atoms with van der Waals surface area (Å²) in [6.07, 6.45) is 2.81. The number of hydrogen-bond acceptors (Lipinski definition) is 6. The molecule has 0 aliphatic carbocycles. The molecule has 2 heterocycles. The summed E-state index contributed by atoms with van der Waals surface area (Å²) in [5, 5.41) is 3.72. The lowest BCUT2D eigenvalue weighted by Gasteiger charge is -2.11. The van der Waals surface area contributed by atoms with E-state index in [9.17, 15) is 9.59 Å². The Morgan fingerprint density at radius 3 is 2.85 bits per heavy atom. The quantitative estimate of drug-likeness (QED) is 0.549. The second-order valence-corrected chi connectivity index (χ2v) is 7.03. The number of fused-ring (bicyclic) bond motifs is 1. The first kappa shape index (κ1) is 18.1. The van der Waals surface area contributed by atoms with Crippen LogP contribution < -0.4 is 10.9 Å². The molecule has 8 heteroatoms. The van der Waals surface area contributed by atoms with Crippen molar-refractivity contribution in [3.8, 4) is 0 Å². The summed E-state index contributed by atoms with van der Waals surface area (Å²) in [7, 11) is 0. The summed E-state index contributed by atoms with van der Waals surface area (Å²) in [6, 6.07) is 5.70. The van der Waals surface area contributed by atoms with Crippen LogP contribution in [0, 0.1) is 13.8 Å². The number of thioether (sulfide) groups is 1. The van der Waals surface area contributed by atoms with Crippen LogP contribution in [0.5, 0.6) is 0 Å². The van der Waals surface area contributed by atoms with Gasteiger partial charge in [0.25, 0.3) is 5.56 Å². The number of nitrogens with zero attached hydrogens (tertiary/aromatic N) is 4. The highest BCUT2D eigenvalue weighted by atomic mass is 32.2. The molecule has 0 fully saturated rings. The minimum atomic E-state index is -0.334. The van der Waals surface area contributed by atoms with Gasteiger partial charge in [-0.15, -0.1) is 0 Å². The van der Waals surface area contributed by atoms with Crippen LogP contribution in [0.3, 0.4) is 0 Å². The average Bonchev–Trinajstić information content (AvgIpc) is 2.62. The first-order chi connectivity index (χ1) is 12.5. The van der Waals surface area contributed by atoms with Crippen molar-refractivity contribution in [3.63, 3.8) is 0 Å². The molecule has 1 aromatic carbocycles. The van der Waals surface area contributed by atoms with Crippen LogP contribution in [-0.4, -0.2) is 31.2 Å². The predicted molar refractivity (Wildman–Crippen MR) is 103 cm³/mol. The Kier molecular flexibility index (Phi) is 5.32. The van der Waals surface area contributed by atoms with Crippen molar-refractivity contribution in [2.45, 2.75) is 32.5 Å². The molecule has 134 valence electrons. The van der Waals surface area contributed by atoms with Crippen LogP contribution in [0.2, 0.25) is 0 Å². The molecule has 7 nitrogen and oxygen atoms in total. The van der Waals surface area contributed by atoms with E-state index in [1.165, 1.54) is 28.9 Å². The minimum absolute atomic E-state index is 0.124. The lowest BCUT2D eigenvalue weighted by atomic mass is 10.1. The van der Waals surface area contributed by atoms with Crippen LogP contribution >= 0.6 is 11.8 Å². The SMILES string of the molecule is CCSc1ncc2c(=O)n(CC(=O)Nc3cccc(C)c3C)cnc2n1. The largest absolute Gasteiger partial charge is 0.324 e. The van der Waals surface area contributed by atoms with Crippen molar-refractivity contribution in [2.75, 3.05) is 11.1 Å². The maximum absolute atomic E-state index is 12.6. The predicted octanol–water partition coefficient (Wildman–Crippen LogP) is 2.55. The molecule has 0 radical (unpaired) electrons. The number of anilines is 1. The Balaban J connectivity index is 1.83. The number of hydrogen-bond donors (Lipinski definition) is 1. The Morgan fingerprint density at radius 1 is 1.27 bits per heavy atom. The topological polar surface area (TPSA) is 89.8 Å². The number of carbonyl (C=O) groups is 1. The fraction of sp³-hybridized carbons (Fsp3) is 0.278. The van der Waals surface area contributed by atoms with E-state index in [4.69, 9.17) is 0 Å². The van der Waals surface area contributed by atoms with Gasteiger partial charge in [-0.05, 0) is 36.8 Å². The number of carbonyl (C=O) groups excluding carboxylic acids is 1.